The van der Waals surface area contributed by atoms with Crippen LogP contribution >= 0.6 is 0 Å². The molecule has 1 aliphatic carbocycles. The van der Waals surface area contributed by atoms with Crippen LogP contribution in [0.5, 0.6) is 0 Å². The third-order valence-corrected chi connectivity index (χ3v) is 6.18. The van der Waals surface area contributed by atoms with Crippen molar-refractivity contribution in [2.24, 2.45) is 5.92 Å². The number of aryl methyl sites for hydroxylation is 1. The highest BCUT2D eigenvalue weighted by Crippen LogP contribution is 2.34. The van der Waals surface area contributed by atoms with Crippen LogP contribution in [0.3, 0.4) is 0 Å². The average molecular weight is 433 g/mol. The zero-order valence-corrected chi connectivity index (χ0v) is 18.1. The SMILES string of the molecule is O=C(CCc1cncnc1)N1Cc2ncn(CC3CC3)c2[C@H](COCc2cccnc2)C1. The number of ether oxygens (including phenoxy) is 1. The van der Waals surface area contributed by atoms with E-state index in [1.165, 1.54) is 24.9 Å². The summed E-state index contributed by atoms with van der Waals surface area (Å²) in [5, 5.41) is 0. The predicted molar refractivity (Wildman–Crippen MR) is 117 cm³/mol. The summed E-state index contributed by atoms with van der Waals surface area (Å²) in [5.74, 6) is 1.01. The average Bonchev–Trinajstić information content (AvgIpc) is 3.56. The van der Waals surface area contributed by atoms with E-state index in [2.05, 4.69) is 24.5 Å². The molecule has 5 rings (SSSR count). The Hall–Kier alpha value is -3.13. The smallest absolute Gasteiger partial charge is 0.223 e. The Labute approximate surface area is 187 Å². The molecule has 0 spiro atoms. The number of carbonyl (C=O) groups excluding carboxylic acids is 1. The highest BCUT2D eigenvalue weighted by molar-refractivity contribution is 5.76. The van der Waals surface area contributed by atoms with Crippen molar-refractivity contribution in [2.75, 3.05) is 13.2 Å². The molecule has 0 aromatic carbocycles. The molecule has 3 aromatic heterocycles. The Bertz CT molecular complexity index is 1040. The van der Waals surface area contributed by atoms with Crippen LogP contribution in [0.4, 0.5) is 0 Å². The molecule has 1 fully saturated rings. The van der Waals surface area contributed by atoms with Crippen LogP contribution in [0, 0.1) is 5.92 Å². The molecule has 1 aliphatic heterocycles. The molecular weight excluding hydrogens is 404 g/mol. The summed E-state index contributed by atoms with van der Waals surface area (Å²) in [5.41, 5.74) is 4.27. The van der Waals surface area contributed by atoms with Crippen LogP contribution in [-0.2, 0) is 35.6 Å². The topological polar surface area (TPSA) is 86.0 Å². The normalized spacial score (nSPS) is 17.9. The molecule has 4 heterocycles. The summed E-state index contributed by atoms with van der Waals surface area (Å²) in [6.07, 6.45) is 14.2. The maximum atomic E-state index is 13.0. The fourth-order valence-corrected chi connectivity index (χ4v) is 4.34. The third-order valence-electron chi connectivity index (χ3n) is 6.18. The van der Waals surface area contributed by atoms with E-state index in [1.807, 2.05) is 29.6 Å². The van der Waals surface area contributed by atoms with Crippen molar-refractivity contribution in [3.63, 3.8) is 0 Å². The fourth-order valence-electron chi connectivity index (χ4n) is 4.34. The van der Waals surface area contributed by atoms with Crippen LogP contribution in [0.2, 0.25) is 0 Å². The van der Waals surface area contributed by atoms with Crippen molar-refractivity contribution in [1.29, 1.82) is 0 Å². The fraction of sp³-hybridized carbons (Fsp3) is 0.458. The lowest BCUT2D eigenvalue weighted by Gasteiger charge is -2.33. The van der Waals surface area contributed by atoms with E-state index in [-0.39, 0.29) is 11.8 Å². The number of nitrogens with zero attached hydrogens (tertiary/aromatic N) is 6. The second-order valence-electron chi connectivity index (χ2n) is 8.77. The van der Waals surface area contributed by atoms with Gasteiger partial charge < -0.3 is 14.2 Å². The van der Waals surface area contributed by atoms with Gasteiger partial charge in [0.15, 0.2) is 0 Å². The van der Waals surface area contributed by atoms with Gasteiger partial charge in [-0.1, -0.05) is 6.07 Å². The highest BCUT2D eigenvalue weighted by atomic mass is 16.5. The first-order valence-electron chi connectivity index (χ1n) is 11.3. The van der Waals surface area contributed by atoms with E-state index < -0.39 is 0 Å². The Morgan fingerprint density at radius 1 is 1.12 bits per heavy atom. The number of amides is 1. The van der Waals surface area contributed by atoms with E-state index in [9.17, 15) is 4.79 Å². The van der Waals surface area contributed by atoms with Gasteiger partial charge in [-0.05, 0) is 42.4 Å². The van der Waals surface area contributed by atoms with E-state index >= 15 is 0 Å². The van der Waals surface area contributed by atoms with Crippen molar-refractivity contribution in [3.05, 3.63) is 72.1 Å². The van der Waals surface area contributed by atoms with Crippen molar-refractivity contribution in [3.8, 4) is 0 Å². The maximum Gasteiger partial charge on any atom is 0.223 e. The molecule has 0 radical (unpaired) electrons. The van der Waals surface area contributed by atoms with Gasteiger partial charge in [-0.3, -0.25) is 9.78 Å². The summed E-state index contributed by atoms with van der Waals surface area (Å²) in [7, 11) is 0. The molecule has 0 bridgehead atoms. The first kappa shape index (κ1) is 20.8. The first-order chi connectivity index (χ1) is 15.8. The van der Waals surface area contributed by atoms with E-state index in [0.717, 1.165) is 29.3 Å². The lowest BCUT2D eigenvalue weighted by atomic mass is 9.98. The predicted octanol–water partition coefficient (Wildman–Crippen LogP) is 2.75. The summed E-state index contributed by atoms with van der Waals surface area (Å²) in [6.45, 7) is 3.30. The summed E-state index contributed by atoms with van der Waals surface area (Å²) < 4.78 is 8.38. The second-order valence-corrected chi connectivity index (χ2v) is 8.77. The molecule has 1 amide bonds. The summed E-state index contributed by atoms with van der Waals surface area (Å²) in [6, 6.07) is 3.93. The second kappa shape index (κ2) is 9.56. The van der Waals surface area contributed by atoms with Crippen LogP contribution < -0.4 is 0 Å². The molecule has 8 heteroatoms. The summed E-state index contributed by atoms with van der Waals surface area (Å²) >= 11 is 0. The minimum absolute atomic E-state index is 0.112. The Balaban J connectivity index is 1.27. The van der Waals surface area contributed by atoms with Crippen molar-refractivity contribution in [2.45, 2.75) is 51.3 Å². The molecule has 166 valence electrons. The summed E-state index contributed by atoms with van der Waals surface area (Å²) in [4.78, 5) is 31.9. The van der Waals surface area contributed by atoms with Crippen LogP contribution in [-0.4, -0.2) is 48.5 Å². The number of hydrogen-bond donors (Lipinski definition) is 0. The monoisotopic (exact) mass is 432 g/mol. The molecule has 3 aromatic rings. The number of aromatic nitrogens is 5. The molecule has 1 atom stereocenters. The van der Waals surface area contributed by atoms with Gasteiger partial charge in [0, 0.05) is 55.9 Å². The number of imidazole rings is 1. The van der Waals surface area contributed by atoms with E-state index in [1.54, 1.807) is 18.6 Å². The van der Waals surface area contributed by atoms with E-state index in [0.29, 0.717) is 39.1 Å². The van der Waals surface area contributed by atoms with Gasteiger partial charge in [0.2, 0.25) is 5.91 Å². The molecular formula is C24H28N6O2. The molecule has 32 heavy (non-hydrogen) atoms. The zero-order valence-electron chi connectivity index (χ0n) is 18.1. The Morgan fingerprint density at radius 2 is 1.97 bits per heavy atom. The molecule has 0 N–H and O–H groups in total. The minimum Gasteiger partial charge on any atom is -0.376 e. The van der Waals surface area contributed by atoms with Gasteiger partial charge in [0.25, 0.3) is 0 Å². The highest BCUT2D eigenvalue weighted by Gasteiger charge is 2.33. The van der Waals surface area contributed by atoms with Gasteiger partial charge >= 0.3 is 0 Å². The zero-order chi connectivity index (χ0) is 21.8. The van der Waals surface area contributed by atoms with Crippen molar-refractivity contribution in [1.82, 2.24) is 29.4 Å². The maximum absolute atomic E-state index is 13.0. The standard InChI is InChI=1S/C24H28N6O2/c31-23(6-5-19-8-26-16-27-9-19)29-12-21(15-32-14-20-2-1-7-25-10-20)24-22(13-29)28-17-30(24)11-18-3-4-18/h1-2,7-10,16-18,21H,3-6,11-15H2/t21-/m0/s1. The Kier molecular flexibility index (Phi) is 6.20. The Morgan fingerprint density at radius 3 is 2.75 bits per heavy atom. The number of carbonyl (C=O) groups is 1. The lowest BCUT2D eigenvalue weighted by Crippen LogP contribution is -2.40. The molecule has 0 unspecified atom stereocenters. The number of rotatable bonds is 9. The van der Waals surface area contributed by atoms with Gasteiger partial charge in [-0.25, -0.2) is 15.0 Å². The van der Waals surface area contributed by atoms with Crippen molar-refractivity contribution >= 4 is 5.91 Å². The van der Waals surface area contributed by atoms with Gasteiger partial charge in [0.1, 0.15) is 6.33 Å². The minimum atomic E-state index is 0.112. The van der Waals surface area contributed by atoms with Crippen LogP contribution in [0.1, 0.15) is 47.7 Å². The molecule has 1 saturated carbocycles. The third kappa shape index (κ3) is 5.02. The van der Waals surface area contributed by atoms with Gasteiger partial charge in [-0.15, -0.1) is 0 Å². The van der Waals surface area contributed by atoms with Gasteiger partial charge in [0.05, 0.1) is 31.8 Å². The number of pyridine rings is 1. The lowest BCUT2D eigenvalue weighted by molar-refractivity contribution is -0.132. The van der Waals surface area contributed by atoms with Crippen LogP contribution in [0.25, 0.3) is 0 Å². The largest absolute Gasteiger partial charge is 0.376 e. The number of hydrogen-bond acceptors (Lipinski definition) is 6. The first-order valence-corrected chi connectivity index (χ1v) is 11.3. The van der Waals surface area contributed by atoms with E-state index in [4.69, 9.17) is 4.74 Å². The molecule has 8 nitrogen and oxygen atoms in total. The molecule has 2 aliphatic rings. The number of fused-ring (bicyclic) bond motifs is 1. The van der Waals surface area contributed by atoms with Gasteiger partial charge in [-0.2, -0.15) is 0 Å². The molecule has 0 saturated heterocycles. The quantitative estimate of drug-likeness (QED) is 0.517. The van der Waals surface area contributed by atoms with Crippen LogP contribution in [0.15, 0.2) is 49.6 Å². The van der Waals surface area contributed by atoms with Crippen molar-refractivity contribution < 1.29 is 9.53 Å².